The number of nitrogens with zero attached hydrogens (tertiary/aromatic N) is 1. The Morgan fingerprint density at radius 1 is 1.37 bits per heavy atom. The van der Waals surface area contributed by atoms with E-state index in [1.54, 1.807) is 6.07 Å². The fourth-order valence-corrected chi connectivity index (χ4v) is 3.41. The van der Waals surface area contributed by atoms with Gasteiger partial charge >= 0.3 is 5.97 Å². The maximum absolute atomic E-state index is 12.5. The number of amides is 1. The standard InChI is InChI=1S/C14H19NO3S/c1-2-5-10-6-3-4-9-15(10)13(16)11-7-8-12(19-11)14(17)18/h7-8,10H,2-6,9H2,1H3,(H,17,18). The van der Waals surface area contributed by atoms with Crippen molar-refractivity contribution < 1.29 is 14.7 Å². The van der Waals surface area contributed by atoms with Crippen LogP contribution in [0.4, 0.5) is 0 Å². The van der Waals surface area contributed by atoms with Gasteiger partial charge in [0.2, 0.25) is 0 Å². The van der Waals surface area contributed by atoms with Crippen molar-refractivity contribution in [3.05, 3.63) is 21.9 Å². The SMILES string of the molecule is CCCC1CCCCN1C(=O)c1ccc(C(=O)O)s1. The van der Waals surface area contributed by atoms with Crippen molar-refractivity contribution in [2.75, 3.05) is 6.54 Å². The Morgan fingerprint density at radius 2 is 2.11 bits per heavy atom. The summed E-state index contributed by atoms with van der Waals surface area (Å²) in [5.74, 6) is -0.969. The van der Waals surface area contributed by atoms with Crippen LogP contribution in [0.5, 0.6) is 0 Å². The maximum Gasteiger partial charge on any atom is 0.345 e. The Balaban J connectivity index is 2.13. The van der Waals surface area contributed by atoms with Gasteiger partial charge in [0.15, 0.2) is 0 Å². The van der Waals surface area contributed by atoms with Gasteiger partial charge in [-0.2, -0.15) is 0 Å². The van der Waals surface area contributed by atoms with Crippen LogP contribution in [0.1, 0.15) is 58.4 Å². The van der Waals surface area contributed by atoms with Crippen molar-refractivity contribution in [3.8, 4) is 0 Å². The van der Waals surface area contributed by atoms with E-state index in [0.29, 0.717) is 10.9 Å². The molecule has 5 heteroatoms. The molecule has 0 aromatic carbocycles. The minimum Gasteiger partial charge on any atom is -0.477 e. The Morgan fingerprint density at radius 3 is 2.74 bits per heavy atom. The summed E-state index contributed by atoms with van der Waals surface area (Å²) in [6.07, 6.45) is 5.39. The first-order valence-corrected chi connectivity index (χ1v) is 7.59. The number of carboxylic acids is 1. The predicted octanol–water partition coefficient (Wildman–Crippen LogP) is 3.24. The van der Waals surface area contributed by atoms with E-state index in [1.165, 1.54) is 12.5 Å². The first-order valence-electron chi connectivity index (χ1n) is 6.77. The van der Waals surface area contributed by atoms with Crippen LogP contribution in [-0.2, 0) is 0 Å². The molecule has 0 spiro atoms. The summed E-state index contributed by atoms with van der Waals surface area (Å²) in [5.41, 5.74) is 0. The zero-order valence-electron chi connectivity index (χ0n) is 11.1. The normalized spacial score (nSPS) is 19.4. The van der Waals surface area contributed by atoms with Crippen LogP contribution < -0.4 is 0 Å². The number of hydrogen-bond donors (Lipinski definition) is 1. The number of aromatic carboxylic acids is 1. The summed E-state index contributed by atoms with van der Waals surface area (Å²) in [6.45, 7) is 2.93. The smallest absolute Gasteiger partial charge is 0.345 e. The second-order valence-electron chi connectivity index (χ2n) is 4.91. The van der Waals surface area contributed by atoms with Gasteiger partial charge in [-0.15, -0.1) is 11.3 Å². The molecule has 104 valence electrons. The zero-order chi connectivity index (χ0) is 13.8. The van der Waals surface area contributed by atoms with E-state index in [-0.39, 0.29) is 10.8 Å². The molecule has 19 heavy (non-hydrogen) atoms. The number of thiophene rings is 1. The Labute approximate surface area is 117 Å². The van der Waals surface area contributed by atoms with E-state index >= 15 is 0 Å². The van der Waals surface area contributed by atoms with E-state index < -0.39 is 5.97 Å². The molecule has 1 aliphatic heterocycles. The predicted molar refractivity (Wildman–Crippen MR) is 74.9 cm³/mol. The van der Waals surface area contributed by atoms with Gasteiger partial charge in [-0.05, 0) is 37.8 Å². The topological polar surface area (TPSA) is 57.6 Å². The van der Waals surface area contributed by atoms with Crippen molar-refractivity contribution in [2.45, 2.75) is 45.1 Å². The second kappa shape index (κ2) is 6.19. The van der Waals surface area contributed by atoms with Crippen molar-refractivity contribution in [1.29, 1.82) is 0 Å². The highest BCUT2D eigenvalue weighted by atomic mass is 32.1. The number of likely N-dealkylation sites (tertiary alicyclic amines) is 1. The largest absolute Gasteiger partial charge is 0.477 e. The average molecular weight is 281 g/mol. The van der Waals surface area contributed by atoms with E-state index in [9.17, 15) is 9.59 Å². The highest BCUT2D eigenvalue weighted by Gasteiger charge is 2.27. The molecule has 1 N–H and O–H groups in total. The monoisotopic (exact) mass is 281 g/mol. The van der Waals surface area contributed by atoms with Crippen LogP contribution in [0.15, 0.2) is 12.1 Å². The first-order chi connectivity index (χ1) is 9.13. The minimum atomic E-state index is -0.965. The number of piperidine rings is 1. The van der Waals surface area contributed by atoms with E-state index in [4.69, 9.17) is 5.11 Å². The summed E-state index contributed by atoms with van der Waals surface area (Å²) in [6, 6.07) is 3.47. The van der Waals surface area contributed by atoms with Crippen LogP contribution >= 0.6 is 11.3 Å². The third-order valence-electron chi connectivity index (χ3n) is 3.54. The fraction of sp³-hybridized carbons (Fsp3) is 0.571. The molecular formula is C14H19NO3S. The van der Waals surface area contributed by atoms with Crippen molar-refractivity contribution >= 4 is 23.2 Å². The lowest BCUT2D eigenvalue weighted by Gasteiger charge is -2.35. The van der Waals surface area contributed by atoms with Gasteiger partial charge in [-0.3, -0.25) is 4.79 Å². The third kappa shape index (κ3) is 3.15. The highest BCUT2D eigenvalue weighted by molar-refractivity contribution is 7.15. The van der Waals surface area contributed by atoms with Crippen LogP contribution in [0.2, 0.25) is 0 Å². The fourth-order valence-electron chi connectivity index (χ4n) is 2.61. The summed E-state index contributed by atoms with van der Waals surface area (Å²) in [4.78, 5) is 26.0. The molecule has 0 bridgehead atoms. The van der Waals surface area contributed by atoms with Crippen LogP contribution in [-0.4, -0.2) is 34.5 Å². The number of carbonyl (C=O) groups is 2. The van der Waals surface area contributed by atoms with Gasteiger partial charge in [-0.25, -0.2) is 4.79 Å². The molecule has 1 aromatic heterocycles. The molecular weight excluding hydrogens is 262 g/mol. The van der Waals surface area contributed by atoms with Crippen molar-refractivity contribution in [2.24, 2.45) is 0 Å². The number of carboxylic acid groups (broad SMARTS) is 1. The lowest BCUT2D eigenvalue weighted by atomic mass is 9.98. The number of rotatable bonds is 4. The quantitative estimate of drug-likeness (QED) is 0.921. The minimum absolute atomic E-state index is 0.00403. The van der Waals surface area contributed by atoms with Gasteiger partial charge in [0, 0.05) is 12.6 Å². The highest BCUT2D eigenvalue weighted by Crippen LogP contribution is 2.25. The molecule has 1 aromatic rings. The van der Waals surface area contributed by atoms with Gasteiger partial charge in [-0.1, -0.05) is 13.3 Å². The molecule has 0 saturated carbocycles. The molecule has 2 heterocycles. The maximum atomic E-state index is 12.5. The van der Waals surface area contributed by atoms with Crippen LogP contribution in [0, 0.1) is 0 Å². The average Bonchev–Trinajstić information content (AvgIpc) is 2.89. The molecule has 1 amide bonds. The molecule has 1 atom stereocenters. The molecule has 2 rings (SSSR count). The summed E-state index contributed by atoms with van der Waals surface area (Å²) >= 11 is 1.07. The van der Waals surface area contributed by atoms with Crippen LogP contribution in [0.25, 0.3) is 0 Å². The number of carbonyl (C=O) groups excluding carboxylic acids is 1. The zero-order valence-corrected chi connectivity index (χ0v) is 11.9. The van der Waals surface area contributed by atoms with Crippen LogP contribution in [0.3, 0.4) is 0 Å². The summed E-state index contributed by atoms with van der Waals surface area (Å²) in [7, 11) is 0. The van der Waals surface area contributed by atoms with E-state index in [0.717, 1.165) is 43.6 Å². The van der Waals surface area contributed by atoms with Gasteiger partial charge < -0.3 is 10.0 Å². The molecule has 0 radical (unpaired) electrons. The Kier molecular flexibility index (Phi) is 4.58. The molecule has 4 nitrogen and oxygen atoms in total. The Bertz CT molecular complexity index is 467. The van der Waals surface area contributed by atoms with E-state index in [1.807, 2.05) is 4.90 Å². The summed E-state index contributed by atoms with van der Waals surface area (Å²) in [5, 5.41) is 8.91. The molecule has 1 unspecified atom stereocenters. The Hall–Kier alpha value is -1.36. The molecule has 1 saturated heterocycles. The van der Waals surface area contributed by atoms with Gasteiger partial charge in [0.1, 0.15) is 4.88 Å². The lowest BCUT2D eigenvalue weighted by Crippen LogP contribution is -2.43. The molecule has 1 aliphatic rings. The molecule has 1 fully saturated rings. The molecule has 0 aliphatic carbocycles. The summed E-state index contributed by atoms with van der Waals surface area (Å²) < 4.78 is 0. The number of hydrogen-bond acceptors (Lipinski definition) is 3. The van der Waals surface area contributed by atoms with Gasteiger partial charge in [0.05, 0.1) is 4.88 Å². The first kappa shape index (κ1) is 14.1. The van der Waals surface area contributed by atoms with Crippen molar-refractivity contribution in [3.63, 3.8) is 0 Å². The van der Waals surface area contributed by atoms with E-state index in [2.05, 4.69) is 6.92 Å². The third-order valence-corrected chi connectivity index (χ3v) is 4.60. The second-order valence-corrected chi connectivity index (χ2v) is 5.99. The van der Waals surface area contributed by atoms with Gasteiger partial charge in [0.25, 0.3) is 5.91 Å². The lowest BCUT2D eigenvalue weighted by molar-refractivity contribution is 0.0605. The van der Waals surface area contributed by atoms with Crippen molar-refractivity contribution in [1.82, 2.24) is 4.90 Å².